The number of nitriles is 1. The molecule has 1 aliphatic carbocycles. The molecule has 0 radical (unpaired) electrons. The monoisotopic (exact) mass is 194 g/mol. The van der Waals surface area contributed by atoms with Gasteiger partial charge in [0.2, 0.25) is 5.91 Å². The molecule has 1 aliphatic rings. The Hall–Kier alpha value is -1.04. The van der Waals surface area contributed by atoms with Crippen LogP contribution >= 0.6 is 0 Å². The predicted octanol–water partition coefficient (Wildman–Crippen LogP) is 1.99. The molecule has 0 aromatic rings. The zero-order valence-corrected chi connectivity index (χ0v) is 8.59. The average molecular weight is 194 g/mol. The molecule has 0 heterocycles. The molecule has 0 aliphatic heterocycles. The lowest BCUT2D eigenvalue weighted by atomic mass is 9.90. The molecular weight excluding hydrogens is 176 g/mol. The summed E-state index contributed by atoms with van der Waals surface area (Å²) in [5.74, 6) is 0.233. The van der Waals surface area contributed by atoms with Gasteiger partial charge in [-0.15, -0.1) is 0 Å². The van der Waals surface area contributed by atoms with E-state index in [1.54, 1.807) is 0 Å². The van der Waals surface area contributed by atoms with Gasteiger partial charge in [-0.3, -0.25) is 4.79 Å². The zero-order chi connectivity index (χ0) is 10.2. The zero-order valence-electron chi connectivity index (χ0n) is 8.59. The first-order valence-electron chi connectivity index (χ1n) is 5.49. The molecule has 0 spiro atoms. The highest BCUT2D eigenvalue weighted by molar-refractivity contribution is 5.78. The number of hydrogen-bond acceptors (Lipinski definition) is 2. The Morgan fingerprint density at radius 1 is 1.21 bits per heavy atom. The summed E-state index contributed by atoms with van der Waals surface area (Å²) in [5.41, 5.74) is 0. The van der Waals surface area contributed by atoms with E-state index in [-0.39, 0.29) is 18.4 Å². The van der Waals surface area contributed by atoms with Crippen LogP contribution in [0.1, 0.15) is 44.9 Å². The quantitative estimate of drug-likeness (QED) is 0.683. The Kier molecular flexibility index (Phi) is 5.06. The summed E-state index contributed by atoms with van der Waals surface area (Å²) in [6.45, 7) is 0.148. The lowest BCUT2D eigenvalue weighted by Gasteiger charge is -2.18. The Bertz CT molecular complexity index is 212. The van der Waals surface area contributed by atoms with Crippen LogP contribution in [0.4, 0.5) is 0 Å². The molecule has 1 fully saturated rings. The maximum absolute atomic E-state index is 11.6. The van der Waals surface area contributed by atoms with Gasteiger partial charge in [-0.25, -0.2) is 0 Å². The molecule has 0 bridgehead atoms. The summed E-state index contributed by atoms with van der Waals surface area (Å²) in [7, 11) is 0. The highest BCUT2D eigenvalue weighted by atomic mass is 16.1. The Labute approximate surface area is 85.5 Å². The van der Waals surface area contributed by atoms with Gasteiger partial charge >= 0.3 is 0 Å². The first kappa shape index (κ1) is 11.0. The van der Waals surface area contributed by atoms with Crippen molar-refractivity contribution in [2.24, 2.45) is 5.92 Å². The van der Waals surface area contributed by atoms with Crippen molar-refractivity contribution in [3.8, 4) is 6.07 Å². The van der Waals surface area contributed by atoms with Crippen molar-refractivity contribution in [2.45, 2.75) is 44.9 Å². The van der Waals surface area contributed by atoms with E-state index in [1.807, 2.05) is 6.07 Å². The van der Waals surface area contributed by atoms with Gasteiger partial charge in [0.15, 0.2) is 0 Å². The van der Waals surface area contributed by atoms with Crippen LogP contribution in [-0.4, -0.2) is 12.5 Å². The lowest BCUT2D eigenvalue weighted by molar-refractivity contribution is -0.125. The largest absolute Gasteiger partial charge is 0.343 e. The van der Waals surface area contributed by atoms with Crippen LogP contribution in [0.3, 0.4) is 0 Å². The lowest BCUT2D eigenvalue weighted by Crippen LogP contribution is -2.31. The van der Waals surface area contributed by atoms with Gasteiger partial charge in [-0.1, -0.05) is 32.1 Å². The number of amides is 1. The third-order valence-electron chi connectivity index (χ3n) is 2.82. The molecule has 0 saturated heterocycles. The molecule has 3 nitrogen and oxygen atoms in total. The van der Waals surface area contributed by atoms with Crippen LogP contribution in [-0.2, 0) is 4.79 Å². The van der Waals surface area contributed by atoms with Crippen LogP contribution in [0.15, 0.2) is 0 Å². The molecule has 1 N–H and O–H groups in total. The number of nitrogens with one attached hydrogen (secondary N) is 1. The van der Waals surface area contributed by atoms with Crippen molar-refractivity contribution < 1.29 is 4.79 Å². The summed E-state index contributed by atoms with van der Waals surface area (Å²) in [4.78, 5) is 11.6. The number of rotatable bonds is 2. The van der Waals surface area contributed by atoms with Crippen molar-refractivity contribution in [3.05, 3.63) is 0 Å². The molecule has 0 aromatic heterocycles. The van der Waals surface area contributed by atoms with E-state index in [4.69, 9.17) is 5.26 Å². The van der Waals surface area contributed by atoms with Crippen LogP contribution in [0, 0.1) is 17.2 Å². The van der Waals surface area contributed by atoms with Crippen molar-refractivity contribution in [1.29, 1.82) is 5.26 Å². The average Bonchev–Trinajstić information content (AvgIpc) is 2.13. The highest BCUT2D eigenvalue weighted by Crippen LogP contribution is 2.22. The molecule has 78 valence electrons. The number of hydrogen-bond donors (Lipinski definition) is 1. The smallest absolute Gasteiger partial charge is 0.223 e. The molecule has 3 heteroatoms. The molecular formula is C11H18N2O. The second-order valence-electron chi connectivity index (χ2n) is 3.92. The van der Waals surface area contributed by atoms with Gasteiger partial charge in [-0.05, 0) is 12.8 Å². The number of nitrogens with zero attached hydrogens (tertiary/aromatic N) is 1. The van der Waals surface area contributed by atoms with Gasteiger partial charge in [0.25, 0.3) is 0 Å². The van der Waals surface area contributed by atoms with Gasteiger partial charge in [0.1, 0.15) is 6.54 Å². The topological polar surface area (TPSA) is 52.9 Å². The van der Waals surface area contributed by atoms with Crippen molar-refractivity contribution in [1.82, 2.24) is 5.32 Å². The fourth-order valence-corrected chi connectivity index (χ4v) is 1.99. The van der Waals surface area contributed by atoms with E-state index in [2.05, 4.69) is 5.32 Å². The summed E-state index contributed by atoms with van der Waals surface area (Å²) in [5, 5.41) is 11.0. The molecule has 0 atom stereocenters. The summed E-state index contributed by atoms with van der Waals surface area (Å²) in [6.07, 6.45) is 8.13. The number of carbonyl (C=O) groups excluding carboxylic acids is 1. The molecule has 1 rings (SSSR count). The third kappa shape index (κ3) is 3.78. The molecule has 0 aromatic carbocycles. The Morgan fingerprint density at radius 2 is 1.79 bits per heavy atom. The first-order valence-corrected chi connectivity index (χ1v) is 5.49. The van der Waals surface area contributed by atoms with Crippen molar-refractivity contribution >= 4 is 5.91 Å². The van der Waals surface area contributed by atoms with E-state index in [0.29, 0.717) is 0 Å². The van der Waals surface area contributed by atoms with Crippen LogP contribution in [0.25, 0.3) is 0 Å². The molecule has 1 amide bonds. The minimum absolute atomic E-state index is 0.0773. The highest BCUT2D eigenvalue weighted by Gasteiger charge is 2.18. The molecule has 1 saturated carbocycles. The fourth-order valence-electron chi connectivity index (χ4n) is 1.99. The summed E-state index contributed by atoms with van der Waals surface area (Å²) < 4.78 is 0. The van der Waals surface area contributed by atoms with Gasteiger partial charge < -0.3 is 5.32 Å². The molecule has 14 heavy (non-hydrogen) atoms. The normalized spacial score (nSPS) is 19.1. The minimum Gasteiger partial charge on any atom is -0.343 e. The van der Waals surface area contributed by atoms with E-state index in [0.717, 1.165) is 25.7 Å². The standard InChI is InChI=1S/C11H18N2O/c12-8-9-13-11(14)10-6-4-2-1-3-5-7-10/h10H,1-7,9H2,(H,13,14). The van der Waals surface area contributed by atoms with Crippen molar-refractivity contribution in [3.63, 3.8) is 0 Å². The van der Waals surface area contributed by atoms with Gasteiger partial charge in [-0.2, -0.15) is 5.26 Å². The second-order valence-corrected chi connectivity index (χ2v) is 3.92. The van der Waals surface area contributed by atoms with Gasteiger partial charge in [0.05, 0.1) is 6.07 Å². The maximum atomic E-state index is 11.6. The van der Waals surface area contributed by atoms with Crippen LogP contribution in [0.2, 0.25) is 0 Å². The fraction of sp³-hybridized carbons (Fsp3) is 0.818. The predicted molar refractivity (Wildman–Crippen MR) is 54.4 cm³/mol. The van der Waals surface area contributed by atoms with E-state index in [9.17, 15) is 4.79 Å². The van der Waals surface area contributed by atoms with Gasteiger partial charge in [0, 0.05) is 5.92 Å². The van der Waals surface area contributed by atoms with E-state index < -0.39 is 0 Å². The van der Waals surface area contributed by atoms with Crippen molar-refractivity contribution in [2.75, 3.05) is 6.54 Å². The minimum atomic E-state index is 0.0773. The second kappa shape index (κ2) is 6.42. The van der Waals surface area contributed by atoms with E-state index in [1.165, 1.54) is 19.3 Å². The Balaban J connectivity index is 2.32. The summed E-state index contributed by atoms with van der Waals surface area (Å²) in [6, 6.07) is 1.93. The van der Waals surface area contributed by atoms with Crippen LogP contribution < -0.4 is 5.32 Å². The van der Waals surface area contributed by atoms with E-state index >= 15 is 0 Å². The first-order chi connectivity index (χ1) is 6.84. The van der Waals surface area contributed by atoms with Crippen LogP contribution in [0.5, 0.6) is 0 Å². The maximum Gasteiger partial charge on any atom is 0.223 e. The Morgan fingerprint density at radius 3 is 2.36 bits per heavy atom. The number of carbonyl (C=O) groups is 1. The third-order valence-corrected chi connectivity index (χ3v) is 2.82. The SMILES string of the molecule is N#CCNC(=O)C1CCCCCCC1. The molecule has 0 unspecified atom stereocenters. The summed E-state index contributed by atoms with van der Waals surface area (Å²) >= 11 is 0.